The molecule has 0 spiro atoms. The van der Waals surface area contributed by atoms with Crippen molar-refractivity contribution in [2.24, 2.45) is 0 Å². The second kappa shape index (κ2) is 9.42. The van der Waals surface area contributed by atoms with Gasteiger partial charge < -0.3 is 9.26 Å². The topological polar surface area (TPSA) is 83.0 Å². The molecule has 154 valence electrons. The van der Waals surface area contributed by atoms with E-state index in [4.69, 9.17) is 20.9 Å². The molecule has 4 aromatic rings. The summed E-state index contributed by atoms with van der Waals surface area (Å²) in [5.41, 5.74) is 1.42. The summed E-state index contributed by atoms with van der Waals surface area (Å²) in [6.45, 7) is 1.09. The van der Waals surface area contributed by atoms with Crippen molar-refractivity contribution in [3.05, 3.63) is 69.8 Å². The highest BCUT2D eigenvalue weighted by Gasteiger charge is 2.14. The number of methoxy groups -OCH3 is 1. The zero-order chi connectivity index (χ0) is 20.9. The highest BCUT2D eigenvalue weighted by Crippen LogP contribution is 2.24. The first-order valence-electron chi connectivity index (χ1n) is 9.35. The summed E-state index contributed by atoms with van der Waals surface area (Å²) >= 11 is 7.32. The smallest absolute Gasteiger partial charge is 0.262 e. The maximum atomic E-state index is 13.0. The first kappa shape index (κ1) is 20.6. The molecule has 0 radical (unpaired) electrons. The van der Waals surface area contributed by atoms with Gasteiger partial charge in [0, 0.05) is 30.8 Å². The van der Waals surface area contributed by atoms with E-state index in [9.17, 15) is 4.79 Å². The lowest BCUT2D eigenvalue weighted by Gasteiger charge is -2.12. The minimum Gasteiger partial charge on any atom is -0.385 e. The van der Waals surface area contributed by atoms with Gasteiger partial charge in [0.15, 0.2) is 5.16 Å². The third kappa shape index (κ3) is 4.56. The van der Waals surface area contributed by atoms with E-state index in [1.54, 1.807) is 29.9 Å². The van der Waals surface area contributed by atoms with Crippen molar-refractivity contribution in [3.63, 3.8) is 0 Å². The molecule has 0 unspecified atom stereocenters. The number of nitrogens with zero attached hydrogens (tertiary/aromatic N) is 4. The Balaban J connectivity index is 1.58. The van der Waals surface area contributed by atoms with E-state index in [1.165, 1.54) is 11.8 Å². The van der Waals surface area contributed by atoms with Crippen LogP contribution in [0.25, 0.3) is 22.3 Å². The van der Waals surface area contributed by atoms with E-state index in [0.717, 1.165) is 5.56 Å². The normalized spacial score (nSPS) is 11.3. The highest BCUT2D eigenvalue weighted by atomic mass is 35.5. The van der Waals surface area contributed by atoms with E-state index in [1.807, 2.05) is 30.3 Å². The number of benzene rings is 2. The van der Waals surface area contributed by atoms with Crippen LogP contribution in [0, 0.1) is 0 Å². The Hall–Kier alpha value is -2.68. The number of halogens is 1. The van der Waals surface area contributed by atoms with Crippen molar-refractivity contribution in [2.75, 3.05) is 13.7 Å². The van der Waals surface area contributed by atoms with Gasteiger partial charge in [0.05, 0.1) is 16.7 Å². The minimum absolute atomic E-state index is 0.0633. The number of hydrogen-bond acceptors (Lipinski definition) is 7. The molecule has 0 saturated carbocycles. The predicted octanol–water partition coefficient (Wildman–Crippen LogP) is 4.43. The number of fused-ring (bicyclic) bond motifs is 1. The summed E-state index contributed by atoms with van der Waals surface area (Å²) in [6, 6.07) is 14.6. The molecule has 0 aliphatic heterocycles. The van der Waals surface area contributed by atoms with E-state index < -0.39 is 0 Å². The fourth-order valence-electron chi connectivity index (χ4n) is 2.98. The van der Waals surface area contributed by atoms with Crippen LogP contribution in [0.5, 0.6) is 0 Å². The Labute approximate surface area is 182 Å². The van der Waals surface area contributed by atoms with E-state index in [0.29, 0.717) is 58.1 Å². The predicted molar refractivity (Wildman–Crippen MR) is 117 cm³/mol. The molecule has 0 aliphatic rings. The van der Waals surface area contributed by atoms with Crippen LogP contribution in [0.15, 0.2) is 63.0 Å². The van der Waals surface area contributed by atoms with Crippen LogP contribution in [-0.4, -0.2) is 33.4 Å². The monoisotopic (exact) mass is 442 g/mol. The van der Waals surface area contributed by atoms with Crippen LogP contribution in [-0.2, 0) is 17.0 Å². The van der Waals surface area contributed by atoms with E-state index in [-0.39, 0.29) is 5.56 Å². The van der Waals surface area contributed by atoms with Crippen LogP contribution in [0.1, 0.15) is 12.3 Å². The summed E-state index contributed by atoms with van der Waals surface area (Å²) in [4.78, 5) is 22.1. The van der Waals surface area contributed by atoms with Crippen LogP contribution >= 0.6 is 23.4 Å². The molecule has 30 heavy (non-hydrogen) atoms. The highest BCUT2D eigenvalue weighted by molar-refractivity contribution is 7.98. The van der Waals surface area contributed by atoms with Gasteiger partial charge in [-0.25, -0.2) is 4.98 Å². The molecule has 0 saturated heterocycles. The molecule has 0 bridgehead atoms. The first-order chi connectivity index (χ1) is 14.7. The maximum Gasteiger partial charge on any atom is 0.262 e. The quantitative estimate of drug-likeness (QED) is 0.227. The molecule has 9 heteroatoms. The van der Waals surface area contributed by atoms with Gasteiger partial charge >= 0.3 is 0 Å². The number of rotatable bonds is 8. The molecule has 2 aromatic heterocycles. The molecule has 0 atom stereocenters. The van der Waals surface area contributed by atoms with Crippen molar-refractivity contribution in [2.45, 2.75) is 23.9 Å². The van der Waals surface area contributed by atoms with E-state index in [2.05, 4.69) is 15.1 Å². The van der Waals surface area contributed by atoms with Crippen LogP contribution in [0.2, 0.25) is 5.02 Å². The average Bonchev–Trinajstić information content (AvgIpc) is 3.24. The minimum atomic E-state index is -0.0633. The first-order valence-corrected chi connectivity index (χ1v) is 10.7. The molecule has 0 N–H and O–H groups in total. The molecule has 0 aliphatic carbocycles. The summed E-state index contributed by atoms with van der Waals surface area (Å²) in [6.07, 6.45) is 0.714. The Morgan fingerprint density at radius 1 is 1.13 bits per heavy atom. The van der Waals surface area contributed by atoms with Gasteiger partial charge in [0.2, 0.25) is 11.7 Å². The number of ether oxygens (including phenoxy) is 1. The Morgan fingerprint density at radius 3 is 2.73 bits per heavy atom. The second-order valence-corrected chi connectivity index (χ2v) is 7.90. The number of aromatic nitrogens is 4. The van der Waals surface area contributed by atoms with Gasteiger partial charge in [0.25, 0.3) is 5.56 Å². The van der Waals surface area contributed by atoms with Crippen molar-refractivity contribution in [1.29, 1.82) is 0 Å². The van der Waals surface area contributed by atoms with Crippen molar-refractivity contribution < 1.29 is 9.26 Å². The largest absolute Gasteiger partial charge is 0.385 e. The summed E-state index contributed by atoms with van der Waals surface area (Å²) in [5.74, 6) is 1.34. The average molecular weight is 443 g/mol. The zero-order valence-corrected chi connectivity index (χ0v) is 17.8. The van der Waals surface area contributed by atoms with Gasteiger partial charge in [-0.15, -0.1) is 0 Å². The molecule has 4 rings (SSSR count). The van der Waals surface area contributed by atoms with Crippen molar-refractivity contribution in [3.8, 4) is 11.4 Å². The lowest BCUT2D eigenvalue weighted by Crippen LogP contribution is -2.24. The number of thioether (sulfide) groups is 1. The third-order valence-corrected chi connectivity index (χ3v) is 5.67. The van der Waals surface area contributed by atoms with Crippen LogP contribution in [0.4, 0.5) is 0 Å². The SMILES string of the molecule is COCCCn1c(SCc2nc(-c3ccc(Cl)cc3)no2)nc2ccccc2c1=O. The Morgan fingerprint density at radius 2 is 1.93 bits per heavy atom. The van der Waals surface area contributed by atoms with Crippen LogP contribution in [0.3, 0.4) is 0 Å². The Kier molecular flexibility index (Phi) is 6.47. The fourth-order valence-corrected chi connectivity index (χ4v) is 3.97. The zero-order valence-electron chi connectivity index (χ0n) is 16.2. The lowest BCUT2D eigenvalue weighted by molar-refractivity contribution is 0.189. The van der Waals surface area contributed by atoms with Crippen LogP contribution < -0.4 is 5.56 Å². The van der Waals surface area contributed by atoms with Gasteiger partial charge in [-0.3, -0.25) is 9.36 Å². The summed E-state index contributed by atoms with van der Waals surface area (Å²) in [5, 5.41) is 5.89. The molecule has 0 fully saturated rings. The fraction of sp³-hybridized carbons (Fsp3) is 0.238. The Bertz CT molecular complexity index is 1210. The van der Waals surface area contributed by atoms with Gasteiger partial charge in [-0.2, -0.15) is 4.98 Å². The van der Waals surface area contributed by atoms with Gasteiger partial charge in [-0.05, 0) is 42.8 Å². The van der Waals surface area contributed by atoms with E-state index >= 15 is 0 Å². The molecular formula is C21H19ClN4O3S. The molecule has 0 amide bonds. The maximum absolute atomic E-state index is 13.0. The third-order valence-electron chi connectivity index (χ3n) is 4.45. The number of para-hydroxylation sites is 1. The summed E-state index contributed by atoms with van der Waals surface area (Å²) in [7, 11) is 1.64. The lowest BCUT2D eigenvalue weighted by atomic mass is 10.2. The summed E-state index contributed by atoms with van der Waals surface area (Å²) < 4.78 is 12.2. The van der Waals surface area contributed by atoms with Crippen molar-refractivity contribution in [1.82, 2.24) is 19.7 Å². The second-order valence-electron chi connectivity index (χ2n) is 6.52. The number of hydrogen-bond donors (Lipinski definition) is 0. The molecule has 7 nitrogen and oxygen atoms in total. The molecule has 2 heterocycles. The molecule has 2 aromatic carbocycles. The standard InChI is InChI=1S/C21H19ClN4O3S/c1-28-12-4-11-26-20(27)16-5-2-3-6-17(16)23-21(26)30-13-18-24-19(25-29-18)14-7-9-15(22)10-8-14/h2-3,5-10H,4,11-13H2,1H3. The van der Waals surface area contributed by atoms with Gasteiger partial charge in [0.1, 0.15) is 0 Å². The van der Waals surface area contributed by atoms with Crippen molar-refractivity contribution >= 4 is 34.3 Å². The van der Waals surface area contributed by atoms with Gasteiger partial charge in [-0.1, -0.05) is 40.7 Å². The molecular weight excluding hydrogens is 424 g/mol.